The monoisotopic (exact) mass is 274 g/mol. The summed E-state index contributed by atoms with van der Waals surface area (Å²) in [5, 5.41) is 22.6. The molecule has 20 heavy (non-hydrogen) atoms. The van der Waals surface area contributed by atoms with E-state index >= 15 is 0 Å². The average molecular weight is 274 g/mol. The number of amides is 1. The second-order valence-electron chi connectivity index (χ2n) is 5.04. The second kappa shape index (κ2) is 4.81. The molecule has 0 spiro atoms. The van der Waals surface area contributed by atoms with Crippen LogP contribution in [0, 0.1) is 21.4 Å². The SMILES string of the molecule is CC1(C)C(=O)NCCN1c1ccc([N+](=O)[O-])c(C#N)c1. The first kappa shape index (κ1) is 13.8. The fourth-order valence-electron chi connectivity index (χ4n) is 2.29. The number of anilines is 1. The third-order valence-corrected chi connectivity index (χ3v) is 3.46. The molecule has 1 heterocycles. The highest BCUT2D eigenvalue weighted by Gasteiger charge is 2.38. The Kier molecular flexibility index (Phi) is 3.32. The number of nitro groups is 1. The third-order valence-electron chi connectivity index (χ3n) is 3.46. The minimum absolute atomic E-state index is 0.00529. The number of nitrogens with one attached hydrogen (secondary N) is 1. The molecule has 1 amide bonds. The fourth-order valence-corrected chi connectivity index (χ4v) is 2.29. The molecular formula is C13H14N4O3. The van der Waals surface area contributed by atoms with Crippen molar-refractivity contribution in [2.24, 2.45) is 0 Å². The Morgan fingerprint density at radius 1 is 1.50 bits per heavy atom. The standard InChI is InChI=1S/C13H14N4O3/c1-13(2)12(18)15-5-6-16(13)10-3-4-11(17(19)20)9(7-10)8-14/h3-4,7H,5-6H2,1-2H3,(H,15,18). The van der Waals surface area contributed by atoms with Gasteiger partial charge in [0.2, 0.25) is 5.91 Å². The summed E-state index contributed by atoms with van der Waals surface area (Å²) in [6.45, 7) is 4.63. The zero-order valence-electron chi connectivity index (χ0n) is 11.2. The van der Waals surface area contributed by atoms with Gasteiger partial charge in [0.1, 0.15) is 17.2 Å². The van der Waals surface area contributed by atoms with E-state index in [9.17, 15) is 14.9 Å². The van der Waals surface area contributed by atoms with E-state index < -0.39 is 10.5 Å². The minimum atomic E-state index is -0.763. The molecule has 1 saturated heterocycles. The molecule has 0 bridgehead atoms. The van der Waals surface area contributed by atoms with Gasteiger partial charge in [-0.3, -0.25) is 14.9 Å². The Labute approximate surface area is 115 Å². The van der Waals surface area contributed by atoms with Crippen LogP contribution in [-0.4, -0.2) is 29.5 Å². The van der Waals surface area contributed by atoms with E-state index in [-0.39, 0.29) is 17.2 Å². The molecule has 1 aliphatic rings. The zero-order chi connectivity index (χ0) is 14.9. The number of rotatable bonds is 2. The number of carbonyl (C=O) groups excluding carboxylic acids is 1. The van der Waals surface area contributed by atoms with Crippen molar-refractivity contribution in [2.45, 2.75) is 19.4 Å². The summed E-state index contributed by atoms with van der Waals surface area (Å²) in [6.07, 6.45) is 0. The third kappa shape index (κ3) is 2.16. The summed E-state index contributed by atoms with van der Waals surface area (Å²) < 4.78 is 0. The van der Waals surface area contributed by atoms with E-state index in [1.165, 1.54) is 12.1 Å². The molecule has 1 N–H and O–H groups in total. The van der Waals surface area contributed by atoms with Crippen molar-refractivity contribution in [1.82, 2.24) is 5.32 Å². The highest BCUT2D eigenvalue weighted by atomic mass is 16.6. The van der Waals surface area contributed by atoms with E-state index in [1.807, 2.05) is 11.0 Å². The van der Waals surface area contributed by atoms with Crippen molar-refractivity contribution in [2.75, 3.05) is 18.0 Å². The van der Waals surface area contributed by atoms with E-state index in [0.29, 0.717) is 18.8 Å². The van der Waals surface area contributed by atoms with E-state index in [1.54, 1.807) is 19.9 Å². The Balaban J connectivity index is 2.46. The number of nitrogens with zero attached hydrogens (tertiary/aromatic N) is 3. The normalized spacial score (nSPS) is 17.2. The Bertz CT molecular complexity index is 619. The summed E-state index contributed by atoms with van der Waals surface area (Å²) >= 11 is 0. The first-order valence-electron chi connectivity index (χ1n) is 6.12. The maximum Gasteiger partial charge on any atom is 0.287 e. The van der Waals surface area contributed by atoms with Gasteiger partial charge in [-0.2, -0.15) is 5.26 Å². The summed E-state index contributed by atoms with van der Waals surface area (Å²) in [5.41, 5.74) is -0.363. The number of carbonyl (C=O) groups is 1. The lowest BCUT2D eigenvalue weighted by Crippen LogP contribution is -2.62. The lowest BCUT2D eigenvalue weighted by molar-refractivity contribution is -0.385. The molecule has 7 nitrogen and oxygen atoms in total. The minimum Gasteiger partial charge on any atom is -0.356 e. The number of nitriles is 1. The van der Waals surface area contributed by atoms with E-state index in [0.717, 1.165) is 0 Å². The van der Waals surface area contributed by atoms with E-state index in [4.69, 9.17) is 5.26 Å². The Morgan fingerprint density at radius 3 is 2.80 bits per heavy atom. The molecule has 0 aromatic heterocycles. The quantitative estimate of drug-likeness (QED) is 0.645. The molecule has 0 atom stereocenters. The molecule has 0 aliphatic carbocycles. The van der Waals surface area contributed by atoms with Crippen molar-refractivity contribution in [3.8, 4) is 6.07 Å². The summed E-state index contributed by atoms with van der Waals surface area (Å²) in [7, 11) is 0. The number of nitro benzene ring substituents is 1. The van der Waals surface area contributed by atoms with Gasteiger partial charge in [-0.15, -0.1) is 0 Å². The van der Waals surface area contributed by atoms with Crippen LogP contribution < -0.4 is 10.2 Å². The molecule has 0 saturated carbocycles. The van der Waals surface area contributed by atoms with Crippen LogP contribution in [0.2, 0.25) is 0 Å². The molecule has 1 aliphatic heterocycles. The van der Waals surface area contributed by atoms with Gasteiger partial charge >= 0.3 is 0 Å². The maximum atomic E-state index is 11.9. The van der Waals surface area contributed by atoms with Crippen molar-refractivity contribution in [3.63, 3.8) is 0 Å². The fraction of sp³-hybridized carbons (Fsp3) is 0.385. The molecule has 1 aromatic carbocycles. The summed E-state index contributed by atoms with van der Waals surface area (Å²) in [4.78, 5) is 24.0. The molecule has 0 radical (unpaired) electrons. The average Bonchev–Trinajstić information content (AvgIpc) is 2.41. The molecule has 7 heteroatoms. The largest absolute Gasteiger partial charge is 0.356 e. The van der Waals surface area contributed by atoms with Crippen LogP contribution in [0.3, 0.4) is 0 Å². The van der Waals surface area contributed by atoms with Crippen LogP contribution in [0.5, 0.6) is 0 Å². The van der Waals surface area contributed by atoms with Gasteiger partial charge < -0.3 is 10.2 Å². The summed E-state index contributed by atoms with van der Waals surface area (Å²) in [6, 6.07) is 6.15. The molecule has 104 valence electrons. The Morgan fingerprint density at radius 2 is 2.20 bits per heavy atom. The lowest BCUT2D eigenvalue weighted by atomic mass is 9.97. The number of hydrogen-bond donors (Lipinski definition) is 1. The van der Waals surface area contributed by atoms with Gasteiger partial charge in [0.25, 0.3) is 5.69 Å². The maximum absolute atomic E-state index is 11.9. The second-order valence-corrected chi connectivity index (χ2v) is 5.04. The predicted octanol–water partition coefficient (Wildman–Crippen LogP) is 1.18. The van der Waals surface area contributed by atoms with Crippen LogP contribution in [0.4, 0.5) is 11.4 Å². The first-order valence-corrected chi connectivity index (χ1v) is 6.12. The summed E-state index contributed by atoms with van der Waals surface area (Å²) in [5.74, 6) is -0.111. The highest BCUT2D eigenvalue weighted by molar-refractivity contribution is 5.90. The number of hydrogen-bond acceptors (Lipinski definition) is 5. The topological polar surface area (TPSA) is 99.3 Å². The zero-order valence-corrected chi connectivity index (χ0v) is 11.2. The molecule has 2 rings (SSSR count). The van der Waals surface area contributed by atoms with Crippen LogP contribution in [-0.2, 0) is 4.79 Å². The number of piperazine rings is 1. The first-order chi connectivity index (χ1) is 9.37. The molecular weight excluding hydrogens is 260 g/mol. The van der Waals surface area contributed by atoms with E-state index in [2.05, 4.69) is 5.32 Å². The van der Waals surface area contributed by atoms with Crippen molar-refractivity contribution in [1.29, 1.82) is 5.26 Å². The van der Waals surface area contributed by atoms with Gasteiger partial charge in [0.15, 0.2) is 0 Å². The van der Waals surface area contributed by atoms with Crippen LogP contribution >= 0.6 is 0 Å². The van der Waals surface area contributed by atoms with Gasteiger partial charge in [0, 0.05) is 24.8 Å². The highest BCUT2D eigenvalue weighted by Crippen LogP contribution is 2.30. The number of benzene rings is 1. The molecule has 1 aromatic rings. The Hall–Kier alpha value is -2.62. The van der Waals surface area contributed by atoms with Gasteiger partial charge in [-0.25, -0.2) is 0 Å². The lowest BCUT2D eigenvalue weighted by Gasteiger charge is -2.42. The van der Waals surface area contributed by atoms with Crippen LogP contribution in [0.25, 0.3) is 0 Å². The molecule has 0 unspecified atom stereocenters. The van der Waals surface area contributed by atoms with Gasteiger partial charge in [0.05, 0.1) is 4.92 Å². The van der Waals surface area contributed by atoms with Crippen molar-refractivity contribution in [3.05, 3.63) is 33.9 Å². The van der Waals surface area contributed by atoms with Gasteiger partial charge in [-0.05, 0) is 26.0 Å². The van der Waals surface area contributed by atoms with Crippen LogP contribution in [0.1, 0.15) is 19.4 Å². The van der Waals surface area contributed by atoms with Gasteiger partial charge in [-0.1, -0.05) is 0 Å². The van der Waals surface area contributed by atoms with Crippen molar-refractivity contribution >= 4 is 17.3 Å². The predicted molar refractivity (Wildman–Crippen MR) is 72.2 cm³/mol. The molecule has 1 fully saturated rings. The van der Waals surface area contributed by atoms with Crippen LogP contribution in [0.15, 0.2) is 18.2 Å². The van der Waals surface area contributed by atoms with Crippen molar-refractivity contribution < 1.29 is 9.72 Å². The smallest absolute Gasteiger partial charge is 0.287 e.